The van der Waals surface area contributed by atoms with Crippen molar-refractivity contribution >= 4 is 11.4 Å². The summed E-state index contributed by atoms with van der Waals surface area (Å²) in [6.45, 7) is 10.1. The van der Waals surface area contributed by atoms with Gasteiger partial charge in [0.2, 0.25) is 0 Å². The lowest BCUT2D eigenvalue weighted by molar-refractivity contribution is 0.989. The van der Waals surface area contributed by atoms with Crippen LogP contribution >= 0.6 is 0 Å². The highest BCUT2D eigenvalue weighted by molar-refractivity contribution is 5.69. The predicted octanol–water partition coefficient (Wildman–Crippen LogP) is 11.8. The molecule has 50 heavy (non-hydrogen) atoms. The molecule has 0 bridgehead atoms. The van der Waals surface area contributed by atoms with Gasteiger partial charge in [0.1, 0.15) is 0 Å². The van der Waals surface area contributed by atoms with Gasteiger partial charge in [0, 0.05) is 5.70 Å². The van der Waals surface area contributed by atoms with Crippen molar-refractivity contribution in [3.05, 3.63) is 216 Å². The van der Waals surface area contributed by atoms with Crippen LogP contribution in [0.25, 0.3) is 22.5 Å². The van der Waals surface area contributed by atoms with E-state index in [2.05, 4.69) is 141 Å². The molecule has 0 aromatic heterocycles. The van der Waals surface area contributed by atoms with Gasteiger partial charge in [-0.3, -0.25) is 5.84 Å². The maximum absolute atomic E-state index is 6.23. The van der Waals surface area contributed by atoms with Crippen LogP contribution in [0.2, 0.25) is 0 Å². The molecule has 258 valence electrons. The van der Waals surface area contributed by atoms with E-state index in [0.29, 0.717) is 0 Å². The number of hydrogen-bond donors (Lipinski definition) is 3. The molecule has 0 aliphatic rings. The van der Waals surface area contributed by atoms with Gasteiger partial charge in [0.25, 0.3) is 0 Å². The number of nitrogens with one attached hydrogen (secondary N) is 1. The zero-order valence-electron chi connectivity index (χ0n) is 30.5. The average Bonchev–Trinajstić information content (AvgIpc) is 3.18. The van der Waals surface area contributed by atoms with Crippen molar-refractivity contribution in [2.45, 2.75) is 47.5 Å². The molecule has 0 unspecified atom stereocenters. The Labute approximate surface area is 302 Å². The highest BCUT2D eigenvalue weighted by Crippen LogP contribution is 2.21. The minimum absolute atomic E-state index is 0.807. The standard InChI is InChI=1S/C29H29N.C9H12N2.C7H8.C2H6/c1-24-16-18-25(19-17-24)12-8-5-3-2-4-6-11-15-29(30)28-22-20-27(21-23-28)26-13-9-7-10-14-26;1-2-9(11-10)8-6-4-3-5-7-8;1-7-5-3-2-4-6-7;1-2/h2-10,13-23H,11-12,30H2,1H3;2-7,11H,10H2,1H3;2-6H,1H3;1-2H3/b3-2-,6-4+,8-5-,29-15-;9-2-;;. The SMILES string of the molecule is C/C=C(\NN)c1ccccc1.CC.Cc1ccc(C\C=C/C=C\C=C\C/C=C(\N)c2ccc(-c3ccccc3)cc2)cc1.Cc1ccccc1. The van der Waals surface area contributed by atoms with E-state index in [0.717, 1.165) is 35.4 Å². The first kappa shape index (κ1) is 40.5. The second-order valence-electron chi connectivity index (χ2n) is 11.1. The summed E-state index contributed by atoms with van der Waals surface area (Å²) >= 11 is 0. The van der Waals surface area contributed by atoms with Gasteiger partial charge in [0.15, 0.2) is 0 Å². The van der Waals surface area contributed by atoms with Crippen LogP contribution in [0.4, 0.5) is 0 Å². The second kappa shape index (κ2) is 25.4. The van der Waals surface area contributed by atoms with Crippen molar-refractivity contribution in [2.75, 3.05) is 0 Å². The molecule has 5 aromatic rings. The van der Waals surface area contributed by atoms with Crippen molar-refractivity contribution < 1.29 is 0 Å². The molecule has 0 saturated heterocycles. The Kier molecular flexibility index (Phi) is 20.6. The van der Waals surface area contributed by atoms with E-state index < -0.39 is 0 Å². The van der Waals surface area contributed by atoms with Crippen LogP contribution in [-0.2, 0) is 6.42 Å². The fraction of sp³-hybridized carbons (Fsp3) is 0.149. The van der Waals surface area contributed by atoms with Crippen LogP contribution < -0.4 is 17.0 Å². The van der Waals surface area contributed by atoms with Gasteiger partial charge in [-0.25, -0.2) is 0 Å². The van der Waals surface area contributed by atoms with E-state index in [4.69, 9.17) is 11.6 Å². The molecule has 0 atom stereocenters. The summed E-state index contributed by atoms with van der Waals surface area (Å²) in [6, 6.07) is 47.6. The summed E-state index contributed by atoms with van der Waals surface area (Å²) in [5.74, 6) is 5.30. The molecule has 0 spiro atoms. The molecule has 0 heterocycles. The zero-order chi connectivity index (χ0) is 36.2. The molecular weight excluding hydrogens is 607 g/mol. The Hall–Kier alpha value is -5.64. The van der Waals surface area contributed by atoms with E-state index in [9.17, 15) is 0 Å². The molecule has 0 fully saturated rings. The zero-order valence-corrected chi connectivity index (χ0v) is 30.5. The molecule has 0 saturated carbocycles. The van der Waals surface area contributed by atoms with Crippen molar-refractivity contribution in [3.8, 4) is 11.1 Å². The van der Waals surface area contributed by atoms with Gasteiger partial charge < -0.3 is 11.2 Å². The number of rotatable bonds is 10. The first-order chi connectivity index (χ1) is 24.5. The van der Waals surface area contributed by atoms with E-state index in [1.807, 2.05) is 87.5 Å². The minimum atomic E-state index is 0.807. The lowest BCUT2D eigenvalue weighted by Crippen LogP contribution is -2.19. The fourth-order valence-corrected chi connectivity index (χ4v) is 4.58. The highest BCUT2D eigenvalue weighted by Gasteiger charge is 1.99. The van der Waals surface area contributed by atoms with E-state index in [1.54, 1.807) is 0 Å². The number of aryl methyl sites for hydroxylation is 2. The molecule has 3 nitrogen and oxygen atoms in total. The Morgan fingerprint density at radius 3 is 1.58 bits per heavy atom. The van der Waals surface area contributed by atoms with Crippen molar-refractivity contribution in [3.63, 3.8) is 0 Å². The number of hydrogen-bond acceptors (Lipinski definition) is 3. The lowest BCUT2D eigenvalue weighted by atomic mass is 10.0. The highest BCUT2D eigenvalue weighted by atomic mass is 15.2. The average molecular weight is 662 g/mol. The molecule has 0 radical (unpaired) electrons. The third-order valence-corrected chi connectivity index (χ3v) is 7.35. The summed E-state index contributed by atoms with van der Waals surface area (Å²) in [5, 5.41) is 0. The van der Waals surface area contributed by atoms with Gasteiger partial charge >= 0.3 is 0 Å². The van der Waals surface area contributed by atoms with Crippen LogP contribution in [-0.4, -0.2) is 0 Å². The first-order valence-electron chi connectivity index (χ1n) is 17.4. The van der Waals surface area contributed by atoms with Gasteiger partial charge in [-0.15, -0.1) is 0 Å². The Bertz CT molecular complexity index is 1730. The Balaban J connectivity index is 0.000000351. The molecule has 5 aromatic carbocycles. The minimum Gasteiger partial charge on any atom is -0.398 e. The van der Waals surface area contributed by atoms with Crippen LogP contribution in [0.1, 0.15) is 55.0 Å². The second-order valence-corrected chi connectivity index (χ2v) is 11.1. The largest absolute Gasteiger partial charge is 0.398 e. The van der Waals surface area contributed by atoms with Gasteiger partial charge in [0.05, 0.1) is 5.70 Å². The summed E-state index contributed by atoms with van der Waals surface area (Å²) in [6.07, 6.45) is 18.3. The van der Waals surface area contributed by atoms with Crippen molar-refractivity contribution in [2.24, 2.45) is 11.6 Å². The van der Waals surface area contributed by atoms with Crippen LogP contribution in [0.5, 0.6) is 0 Å². The Morgan fingerprint density at radius 1 is 0.560 bits per heavy atom. The molecule has 0 aliphatic heterocycles. The monoisotopic (exact) mass is 661 g/mol. The maximum atomic E-state index is 6.23. The predicted molar refractivity (Wildman–Crippen MR) is 221 cm³/mol. The van der Waals surface area contributed by atoms with Crippen LogP contribution in [0, 0.1) is 13.8 Å². The lowest BCUT2D eigenvalue weighted by Gasteiger charge is -2.05. The smallest absolute Gasteiger partial charge is 0.0514 e. The molecule has 0 amide bonds. The number of hydrazine groups is 1. The van der Waals surface area contributed by atoms with Crippen LogP contribution in [0.15, 0.2) is 188 Å². The Morgan fingerprint density at radius 2 is 1.06 bits per heavy atom. The fourth-order valence-electron chi connectivity index (χ4n) is 4.58. The van der Waals surface area contributed by atoms with E-state index in [-0.39, 0.29) is 0 Å². The van der Waals surface area contributed by atoms with E-state index in [1.165, 1.54) is 27.8 Å². The topological polar surface area (TPSA) is 64.1 Å². The number of allylic oxidation sites excluding steroid dienone is 8. The molecule has 0 aliphatic carbocycles. The summed E-state index contributed by atoms with van der Waals surface area (Å²) < 4.78 is 0. The van der Waals surface area contributed by atoms with Gasteiger partial charge in [-0.2, -0.15) is 0 Å². The van der Waals surface area contributed by atoms with Gasteiger partial charge in [-0.1, -0.05) is 213 Å². The van der Waals surface area contributed by atoms with Gasteiger partial charge in [-0.05, 0) is 61.4 Å². The number of benzene rings is 5. The summed E-state index contributed by atoms with van der Waals surface area (Å²) in [7, 11) is 0. The van der Waals surface area contributed by atoms with Crippen molar-refractivity contribution in [1.29, 1.82) is 0 Å². The quantitative estimate of drug-likeness (QED) is 0.0793. The van der Waals surface area contributed by atoms with E-state index >= 15 is 0 Å². The molecule has 3 heteroatoms. The molecule has 5 rings (SSSR count). The third kappa shape index (κ3) is 16.5. The summed E-state index contributed by atoms with van der Waals surface area (Å²) in [4.78, 5) is 0. The first-order valence-corrected chi connectivity index (χ1v) is 17.4. The molecule has 5 N–H and O–H groups in total. The third-order valence-electron chi connectivity index (χ3n) is 7.35. The summed E-state index contributed by atoms with van der Waals surface area (Å²) in [5.41, 5.74) is 19.1. The van der Waals surface area contributed by atoms with Crippen LogP contribution in [0.3, 0.4) is 0 Å². The maximum Gasteiger partial charge on any atom is 0.0514 e. The normalized spacial score (nSPS) is 11.2. The number of nitrogens with two attached hydrogens (primary N) is 2. The van der Waals surface area contributed by atoms with Crippen molar-refractivity contribution in [1.82, 2.24) is 5.43 Å². The molecular formula is C47H55N3.